The van der Waals surface area contributed by atoms with Crippen LogP contribution in [-0.4, -0.2) is 24.1 Å². The van der Waals surface area contributed by atoms with Gasteiger partial charge in [0.15, 0.2) is 0 Å². The van der Waals surface area contributed by atoms with Crippen LogP contribution < -0.4 is 0 Å². The Morgan fingerprint density at radius 1 is 1.58 bits per heavy atom. The molecule has 2 heterocycles. The molecule has 3 heteroatoms. The summed E-state index contributed by atoms with van der Waals surface area (Å²) in [5.41, 5.74) is 1.22. The van der Waals surface area contributed by atoms with Crippen LogP contribution in [-0.2, 0) is 10.2 Å². The first-order chi connectivity index (χ1) is 5.87. The molecule has 1 aromatic rings. The minimum Gasteiger partial charge on any atom is -0.379 e. The van der Waals surface area contributed by atoms with E-state index in [0.717, 1.165) is 13.2 Å². The molecule has 1 aliphatic rings. The van der Waals surface area contributed by atoms with Crippen LogP contribution in [0, 0.1) is 0 Å². The van der Waals surface area contributed by atoms with Crippen LogP contribution >= 0.6 is 11.6 Å². The van der Waals surface area contributed by atoms with E-state index in [4.69, 9.17) is 16.3 Å². The Kier molecular flexibility index (Phi) is 2.03. The van der Waals surface area contributed by atoms with Crippen molar-refractivity contribution in [1.29, 1.82) is 0 Å². The third kappa shape index (κ3) is 1.11. The lowest BCUT2D eigenvalue weighted by Crippen LogP contribution is -2.48. The van der Waals surface area contributed by atoms with Crippen molar-refractivity contribution in [1.82, 2.24) is 4.98 Å². The van der Waals surface area contributed by atoms with Crippen LogP contribution in [0.2, 0.25) is 0 Å². The van der Waals surface area contributed by atoms with E-state index in [-0.39, 0.29) is 5.41 Å². The highest BCUT2D eigenvalue weighted by atomic mass is 35.5. The van der Waals surface area contributed by atoms with E-state index < -0.39 is 0 Å². The zero-order chi connectivity index (χ0) is 8.44. The molecule has 0 spiro atoms. The van der Waals surface area contributed by atoms with Crippen LogP contribution in [0.5, 0.6) is 0 Å². The van der Waals surface area contributed by atoms with Gasteiger partial charge in [0.05, 0.1) is 18.6 Å². The molecular formula is C9H10ClNO. The molecule has 1 aliphatic heterocycles. The summed E-state index contributed by atoms with van der Waals surface area (Å²) in [6.07, 6.45) is 3.63. The quantitative estimate of drug-likeness (QED) is 0.650. The molecule has 1 saturated heterocycles. The first kappa shape index (κ1) is 8.02. The van der Waals surface area contributed by atoms with Gasteiger partial charge in [-0.25, -0.2) is 0 Å². The molecule has 2 nitrogen and oxygen atoms in total. The lowest BCUT2D eigenvalue weighted by molar-refractivity contribution is -0.0481. The van der Waals surface area contributed by atoms with Crippen molar-refractivity contribution >= 4 is 11.6 Å². The third-order valence-corrected chi connectivity index (χ3v) is 2.80. The highest BCUT2D eigenvalue weighted by molar-refractivity contribution is 6.18. The molecule has 64 valence electrons. The predicted molar refractivity (Wildman–Crippen MR) is 47.5 cm³/mol. The first-order valence-corrected chi connectivity index (χ1v) is 4.45. The van der Waals surface area contributed by atoms with Gasteiger partial charge >= 0.3 is 0 Å². The second-order valence-electron chi connectivity index (χ2n) is 3.15. The number of alkyl halides is 1. The van der Waals surface area contributed by atoms with Crippen molar-refractivity contribution < 1.29 is 4.74 Å². The summed E-state index contributed by atoms with van der Waals surface area (Å²) in [7, 11) is 0. The number of hydrogen-bond donors (Lipinski definition) is 0. The molecule has 0 saturated carbocycles. The fourth-order valence-electron chi connectivity index (χ4n) is 1.35. The van der Waals surface area contributed by atoms with Crippen molar-refractivity contribution in [2.45, 2.75) is 5.41 Å². The van der Waals surface area contributed by atoms with Gasteiger partial charge in [0, 0.05) is 18.3 Å². The minimum atomic E-state index is 0.0375. The number of rotatable bonds is 2. The van der Waals surface area contributed by atoms with Gasteiger partial charge in [0.1, 0.15) is 0 Å². The number of halogens is 1. The number of pyridine rings is 1. The molecule has 2 rings (SSSR count). The number of hydrogen-bond acceptors (Lipinski definition) is 2. The molecule has 0 N–H and O–H groups in total. The topological polar surface area (TPSA) is 22.1 Å². The van der Waals surface area contributed by atoms with Gasteiger partial charge in [-0.05, 0) is 11.6 Å². The molecule has 0 aromatic carbocycles. The summed E-state index contributed by atoms with van der Waals surface area (Å²) in [5.74, 6) is 0.610. The third-order valence-electron chi connectivity index (χ3n) is 2.29. The van der Waals surface area contributed by atoms with E-state index in [9.17, 15) is 0 Å². The Balaban J connectivity index is 2.28. The average molecular weight is 184 g/mol. The van der Waals surface area contributed by atoms with Crippen molar-refractivity contribution in [2.75, 3.05) is 19.1 Å². The monoisotopic (exact) mass is 183 g/mol. The van der Waals surface area contributed by atoms with E-state index in [1.165, 1.54) is 5.56 Å². The second kappa shape index (κ2) is 3.04. The zero-order valence-corrected chi connectivity index (χ0v) is 7.42. The molecule has 12 heavy (non-hydrogen) atoms. The Labute approximate surface area is 76.5 Å². The molecule has 0 atom stereocenters. The average Bonchev–Trinajstić information content (AvgIpc) is 2.05. The molecule has 0 amide bonds. The lowest BCUT2D eigenvalue weighted by atomic mass is 9.81. The summed E-state index contributed by atoms with van der Waals surface area (Å²) < 4.78 is 5.17. The van der Waals surface area contributed by atoms with Crippen LogP contribution in [0.25, 0.3) is 0 Å². The smallest absolute Gasteiger partial charge is 0.0597 e. The Hall–Kier alpha value is -0.600. The summed E-state index contributed by atoms with van der Waals surface area (Å²) >= 11 is 5.89. The van der Waals surface area contributed by atoms with Crippen LogP contribution in [0.4, 0.5) is 0 Å². The van der Waals surface area contributed by atoms with Crippen LogP contribution in [0.15, 0.2) is 24.5 Å². The van der Waals surface area contributed by atoms with Crippen molar-refractivity contribution in [3.05, 3.63) is 30.1 Å². The predicted octanol–water partition coefficient (Wildman–Crippen LogP) is 1.59. The Bertz CT molecular complexity index is 253. The van der Waals surface area contributed by atoms with E-state index in [1.807, 2.05) is 12.3 Å². The van der Waals surface area contributed by atoms with E-state index in [0.29, 0.717) is 5.88 Å². The number of ether oxygens (including phenoxy) is 1. The molecule has 0 bridgehead atoms. The zero-order valence-electron chi connectivity index (χ0n) is 6.66. The van der Waals surface area contributed by atoms with Crippen molar-refractivity contribution in [3.63, 3.8) is 0 Å². The van der Waals surface area contributed by atoms with Gasteiger partial charge in [0.25, 0.3) is 0 Å². The molecule has 0 radical (unpaired) electrons. The Morgan fingerprint density at radius 3 is 2.83 bits per heavy atom. The van der Waals surface area contributed by atoms with Crippen molar-refractivity contribution in [3.8, 4) is 0 Å². The standard InChI is InChI=1S/C9H10ClNO/c10-5-9(6-12-7-9)8-2-1-3-11-4-8/h1-4H,5-7H2. The summed E-state index contributed by atoms with van der Waals surface area (Å²) in [5, 5.41) is 0. The fraction of sp³-hybridized carbons (Fsp3) is 0.444. The van der Waals surface area contributed by atoms with Gasteiger partial charge in [-0.2, -0.15) is 0 Å². The highest BCUT2D eigenvalue weighted by Gasteiger charge is 2.39. The lowest BCUT2D eigenvalue weighted by Gasteiger charge is -2.39. The first-order valence-electron chi connectivity index (χ1n) is 3.92. The van der Waals surface area contributed by atoms with Gasteiger partial charge in [-0.1, -0.05) is 6.07 Å². The number of aromatic nitrogens is 1. The molecule has 1 fully saturated rings. The number of nitrogens with zero attached hydrogens (tertiary/aromatic N) is 1. The second-order valence-corrected chi connectivity index (χ2v) is 3.42. The van der Waals surface area contributed by atoms with Crippen LogP contribution in [0.1, 0.15) is 5.56 Å². The Morgan fingerprint density at radius 2 is 2.42 bits per heavy atom. The largest absolute Gasteiger partial charge is 0.379 e. The summed E-state index contributed by atoms with van der Waals surface area (Å²) in [6, 6.07) is 3.99. The van der Waals surface area contributed by atoms with E-state index in [1.54, 1.807) is 6.20 Å². The van der Waals surface area contributed by atoms with Crippen molar-refractivity contribution in [2.24, 2.45) is 0 Å². The molecule has 0 aliphatic carbocycles. The summed E-state index contributed by atoms with van der Waals surface area (Å²) in [4.78, 5) is 4.07. The maximum Gasteiger partial charge on any atom is 0.0597 e. The molecular weight excluding hydrogens is 174 g/mol. The van der Waals surface area contributed by atoms with E-state index >= 15 is 0 Å². The van der Waals surface area contributed by atoms with Crippen LogP contribution in [0.3, 0.4) is 0 Å². The van der Waals surface area contributed by atoms with Gasteiger partial charge in [0.2, 0.25) is 0 Å². The fourth-order valence-corrected chi connectivity index (χ4v) is 1.65. The highest BCUT2D eigenvalue weighted by Crippen LogP contribution is 2.32. The van der Waals surface area contributed by atoms with Gasteiger partial charge in [-0.3, -0.25) is 4.98 Å². The van der Waals surface area contributed by atoms with Gasteiger partial charge in [-0.15, -0.1) is 11.6 Å². The van der Waals surface area contributed by atoms with Gasteiger partial charge < -0.3 is 4.74 Å². The SMILES string of the molecule is ClCC1(c2cccnc2)COC1. The molecule has 0 unspecified atom stereocenters. The minimum absolute atomic E-state index is 0.0375. The molecule has 1 aromatic heterocycles. The van der Waals surface area contributed by atoms with E-state index in [2.05, 4.69) is 11.1 Å². The maximum atomic E-state index is 5.89. The normalized spacial score (nSPS) is 20.1. The summed E-state index contributed by atoms with van der Waals surface area (Å²) in [6.45, 7) is 1.45. The maximum absolute atomic E-state index is 5.89.